The van der Waals surface area contributed by atoms with E-state index in [1.165, 1.54) is 0 Å². The molecule has 0 unspecified atom stereocenters. The highest BCUT2D eigenvalue weighted by molar-refractivity contribution is 6.09. The van der Waals surface area contributed by atoms with Crippen molar-refractivity contribution in [1.82, 2.24) is 15.3 Å². The minimum Gasteiger partial charge on any atom is -0.349 e. The number of aromatic nitrogens is 2. The second-order valence-electron chi connectivity index (χ2n) is 6.53. The fraction of sp³-hybridized carbons (Fsp3) is 0.143. The van der Waals surface area contributed by atoms with Crippen molar-refractivity contribution in [3.8, 4) is 0 Å². The van der Waals surface area contributed by atoms with Crippen LogP contribution >= 0.6 is 0 Å². The van der Waals surface area contributed by atoms with Gasteiger partial charge in [-0.05, 0) is 49.2 Å². The maximum absolute atomic E-state index is 12.7. The number of amides is 2. The van der Waals surface area contributed by atoms with Gasteiger partial charge in [-0.15, -0.1) is 0 Å². The molecule has 1 fully saturated rings. The summed E-state index contributed by atoms with van der Waals surface area (Å²) in [6.45, 7) is 0. The van der Waals surface area contributed by atoms with E-state index >= 15 is 0 Å². The number of carbonyl (C=O) groups excluding carboxylic acids is 2. The second-order valence-corrected chi connectivity index (χ2v) is 6.53. The molecular formula is C21H19N5O2. The molecule has 3 N–H and O–H groups in total. The number of nitrogens with one attached hydrogen (secondary N) is 3. The summed E-state index contributed by atoms with van der Waals surface area (Å²) < 4.78 is 0. The number of anilines is 3. The van der Waals surface area contributed by atoms with Gasteiger partial charge in [-0.2, -0.15) is 0 Å². The minimum atomic E-state index is -0.302. The quantitative estimate of drug-likeness (QED) is 0.616. The van der Waals surface area contributed by atoms with Gasteiger partial charge in [0.05, 0.1) is 11.3 Å². The molecule has 1 saturated carbocycles. The number of rotatable bonds is 6. The minimum absolute atomic E-state index is 0.171. The molecule has 2 amide bonds. The van der Waals surface area contributed by atoms with Gasteiger partial charge in [0.25, 0.3) is 11.8 Å². The predicted octanol–water partition coefficient (Wildman–Crippen LogP) is 3.36. The van der Waals surface area contributed by atoms with Crippen molar-refractivity contribution < 1.29 is 9.59 Å². The van der Waals surface area contributed by atoms with Crippen LogP contribution < -0.4 is 16.0 Å². The standard InChI is InChI=1S/C21H19N5O2/c27-19(14-5-3-6-16(13-14)25-21-22-11-4-12-23-21)26-18-8-2-1-7-17(18)20(28)24-15-9-10-15/h1-8,11-13,15H,9-10H2,(H,24,28)(H,26,27)(H,22,23,25). The molecule has 0 aliphatic heterocycles. The molecule has 1 aliphatic rings. The van der Waals surface area contributed by atoms with E-state index in [0.717, 1.165) is 12.8 Å². The van der Waals surface area contributed by atoms with Crippen LogP contribution in [0, 0.1) is 0 Å². The van der Waals surface area contributed by atoms with Crippen molar-refractivity contribution in [2.45, 2.75) is 18.9 Å². The average molecular weight is 373 g/mol. The van der Waals surface area contributed by atoms with Crippen molar-refractivity contribution in [1.29, 1.82) is 0 Å². The average Bonchev–Trinajstić information content (AvgIpc) is 3.53. The molecule has 2 aromatic carbocycles. The molecule has 1 aromatic heterocycles. The molecule has 0 radical (unpaired) electrons. The Bertz CT molecular complexity index is 1000. The zero-order valence-corrected chi connectivity index (χ0v) is 15.1. The largest absolute Gasteiger partial charge is 0.349 e. The van der Waals surface area contributed by atoms with Crippen molar-refractivity contribution >= 4 is 29.1 Å². The molecule has 0 bridgehead atoms. The van der Waals surface area contributed by atoms with Crippen molar-refractivity contribution in [3.05, 3.63) is 78.1 Å². The molecule has 0 spiro atoms. The Labute approximate surface area is 162 Å². The first kappa shape index (κ1) is 17.7. The summed E-state index contributed by atoms with van der Waals surface area (Å²) in [5.41, 5.74) is 2.09. The van der Waals surface area contributed by atoms with Gasteiger partial charge in [-0.25, -0.2) is 9.97 Å². The molecule has 28 heavy (non-hydrogen) atoms. The smallest absolute Gasteiger partial charge is 0.255 e. The maximum atomic E-state index is 12.7. The number of para-hydroxylation sites is 1. The normalized spacial score (nSPS) is 12.9. The van der Waals surface area contributed by atoms with Crippen molar-refractivity contribution in [3.63, 3.8) is 0 Å². The molecule has 140 valence electrons. The summed E-state index contributed by atoms with van der Waals surface area (Å²) in [5, 5.41) is 8.83. The molecule has 4 rings (SSSR count). The SMILES string of the molecule is O=C(Nc1ccccc1C(=O)NC1CC1)c1cccc(Nc2ncccn2)c1. The Balaban J connectivity index is 1.50. The van der Waals surface area contributed by atoms with E-state index in [2.05, 4.69) is 25.9 Å². The monoisotopic (exact) mass is 373 g/mol. The van der Waals surface area contributed by atoms with Crippen LogP contribution in [0.3, 0.4) is 0 Å². The summed E-state index contributed by atoms with van der Waals surface area (Å²) >= 11 is 0. The number of nitrogens with zero attached hydrogens (tertiary/aromatic N) is 2. The first-order valence-corrected chi connectivity index (χ1v) is 9.04. The van der Waals surface area contributed by atoms with Gasteiger partial charge in [-0.3, -0.25) is 9.59 Å². The lowest BCUT2D eigenvalue weighted by Crippen LogP contribution is -2.27. The second kappa shape index (κ2) is 7.87. The number of benzene rings is 2. The van der Waals surface area contributed by atoms with Crippen LogP contribution in [0.1, 0.15) is 33.6 Å². The Kier molecular flexibility index (Phi) is 4.97. The van der Waals surface area contributed by atoms with Gasteiger partial charge in [-0.1, -0.05) is 18.2 Å². The topological polar surface area (TPSA) is 96.0 Å². The predicted molar refractivity (Wildman–Crippen MR) is 107 cm³/mol. The molecule has 7 heteroatoms. The van der Waals surface area contributed by atoms with Gasteiger partial charge in [0.2, 0.25) is 5.95 Å². The summed E-state index contributed by atoms with van der Waals surface area (Å²) in [7, 11) is 0. The molecular weight excluding hydrogens is 354 g/mol. The summed E-state index contributed by atoms with van der Waals surface area (Å²) in [6, 6.07) is 16.0. The summed E-state index contributed by atoms with van der Waals surface area (Å²) in [6.07, 6.45) is 5.28. The van der Waals surface area contributed by atoms with Gasteiger partial charge in [0.1, 0.15) is 0 Å². The highest BCUT2D eigenvalue weighted by Crippen LogP contribution is 2.22. The van der Waals surface area contributed by atoms with Crippen LogP contribution in [0.25, 0.3) is 0 Å². The molecule has 0 saturated heterocycles. The molecule has 7 nitrogen and oxygen atoms in total. The Hall–Kier alpha value is -3.74. The number of hydrogen-bond acceptors (Lipinski definition) is 5. The van der Waals surface area contributed by atoms with Gasteiger partial charge < -0.3 is 16.0 Å². The van der Waals surface area contributed by atoms with E-state index in [-0.39, 0.29) is 17.9 Å². The van der Waals surface area contributed by atoms with E-state index in [9.17, 15) is 9.59 Å². The first-order chi connectivity index (χ1) is 13.7. The highest BCUT2D eigenvalue weighted by atomic mass is 16.2. The molecule has 0 atom stereocenters. The Morgan fingerprint density at radius 2 is 1.68 bits per heavy atom. The van der Waals surface area contributed by atoms with E-state index in [0.29, 0.717) is 28.5 Å². The van der Waals surface area contributed by atoms with E-state index in [4.69, 9.17) is 0 Å². The highest BCUT2D eigenvalue weighted by Gasteiger charge is 2.25. The van der Waals surface area contributed by atoms with Crippen LogP contribution in [0.5, 0.6) is 0 Å². The third kappa shape index (κ3) is 4.32. The number of carbonyl (C=O) groups is 2. The van der Waals surface area contributed by atoms with Crippen LogP contribution in [-0.2, 0) is 0 Å². The van der Waals surface area contributed by atoms with E-state index < -0.39 is 0 Å². The first-order valence-electron chi connectivity index (χ1n) is 9.04. The fourth-order valence-corrected chi connectivity index (χ4v) is 2.71. The molecule has 1 aliphatic carbocycles. The third-order valence-corrected chi connectivity index (χ3v) is 4.28. The van der Waals surface area contributed by atoms with Gasteiger partial charge in [0.15, 0.2) is 0 Å². The van der Waals surface area contributed by atoms with Crippen LogP contribution in [0.15, 0.2) is 67.0 Å². The fourth-order valence-electron chi connectivity index (χ4n) is 2.71. The van der Waals surface area contributed by atoms with Crippen molar-refractivity contribution in [2.75, 3.05) is 10.6 Å². The van der Waals surface area contributed by atoms with Gasteiger partial charge in [0, 0.05) is 29.7 Å². The van der Waals surface area contributed by atoms with Gasteiger partial charge >= 0.3 is 0 Å². The lowest BCUT2D eigenvalue weighted by atomic mass is 10.1. The Morgan fingerprint density at radius 3 is 2.46 bits per heavy atom. The lowest BCUT2D eigenvalue weighted by molar-refractivity contribution is 0.0952. The summed E-state index contributed by atoms with van der Waals surface area (Å²) in [5.74, 6) is -0.0264. The van der Waals surface area contributed by atoms with Crippen LogP contribution in [0.2, 0.25) is 0 Å². The zero-order chi connectivity index (χ0) is 19.3. The van der Waals surface area contributed by atoms with E-state index in [1.807, 2.05) is 6.07 Å². The van der Waals surface area contributed by atoms with Crippen LogP contribution in [0.4, 0.5) is 17.3 Å². The lowest BCUT2D eigenvalue weighted by Gasteiger charge is -2.12. The van der Waals surface area contributed by atoms with E-state index in [1.54, 1.807) is 60.9 Å². The summed E-state index contributed by atoms with van der Waals surface area (Å²) in [4.78, 5) is 33.3. The maximum Gasteiger partial charge on any atom is 0.255 e. The molecule has 3 aromatic rings. The Morgan fingerprint density at radius 1 is 0.893 bits per heavy atom. The number of hydrogen-bond donors (Lipinski definition) is 3. The third-order valence-electron chi connectivity index (χ3n) is 4.28. The zero-order valence-electron chi connectivity index (χ0n) is 15.1. The molecule has 1 heterocycles. The van der Waals surface area contributed by atoms with Crippen LogP contribution in [-0.4, -0.2) is 27.8 Å². The van der Waals surface area contributed by atoms with Crippen molar-refractivity contribution in [2.24, 2.45) is 0 Å².